The highest BCUT2D eigenvalue weighted by Gasteiger charge is 2.27. The summed E-state index contributed by atoms with van der Waals surface area (Å²) in [6.45, 7) is 3.19. The van der Waals surface area contributed by atoms with Crippen LogP contribution in [0.1, 0.15) is 34.5 Å². The van der Waals surface area contributed by atoms with Gasteiger partial charge in [-0.2, -0.15) is 0 Å². The van der Waals surface area contributed by atoms with Crippen LogP contribution in [0.3, 0.4) is 0 Å². The normalized spacial score (nSPS) is 17.0. The van der Waals surface area contributed by atoms with Crippen molar-refractivity contribution in [3.63, 3.8) is 0 Å². The summed E-state index contributed by atoms with van der Waals surface area (Å²) >= 11 is 0. The molecule has 2 amide bonds. The molecule has 0 unspecified atom stereocenters. The quantitative estimate of drug-likeness (QED) is 0.886. The molecule has 0 spiro atoms. The Kier molecular flexibility index (Phi) is 4.99. The van der Waals surface area contributed by atoms with Crippen LogP contribution >= 0.6 is 0 Å². The van der Waals surface area contributed by atoms with Gasteiger partial charge in [-0.3, -0.25) is 9.59 Å². The minimum atomic E-state index is -0.0719. The van der Waals surface area contributed by atoms with Crippen LogP contribution in [0, 0.1) is 6.92 Å². The van der Waals surface area contributed by atoms with E-state index in [-0.39, 0.29) is 17.9 Å². The van der Waals surface area contributed by atoms with E-state index in [1.807, 2.05) is 42.2 Å². The van der Waals surface area contributed by atoms with Crippen molar-refractivity contribution in [3.8, 4) is 0 Å². The highest BCUT2D eigenvalue weighted by molar-refractivity contribution is 5.95. The minimum Gasteiger partial charge on any atom is -0.365 e. The molecule has 1 aliphatic rings. The number of H-pyrrole nitrogens is 1. The van der Waals surface area contributed by atoms with Crippen LogP contribution in [0.4, 0.5) is 0 Å². The summed E-state index contributed by atoms with van der Waals surface area (Å²) in [4.78, 5) is 29.4. The van der Waals surface area contributed by atoms with Gasteiger partial charge >= 0.3 is 0 Å². The zero-order valence-corrected chi connectivity index (χ0v) is 13.9. The molecule has 2 aromatic rings. The largest absolute Gasteiger partial charge is 0.365 e. The number of aryl methyl sites for hydroxylation is 2. The predicted molar refractivity (Wildman–Crippen MR) is 92.7 cm³/mol. The second-order valence-corrected chi connectivity index (χ2v) is 6.30. The fourth-order valence-corrected chi connectivity index (χ4v) is 3.12. The van der Waals surface area contributed by atoms with Crippen molar-refractivity contribution in [2.45, 2.75) is 32.2 Å². The number of hydrogen-bond donors (Lipinski definition) is 2. The fourth-order valence-electron chi connectivity index (χ4n) is 3.12. The molecule has 0 radical (unpaired) electrons. The minimum absolute atomic E-state index is 0.0347. The number of likely N-dealkylation sites (tertiary alicyclic amines) is 1. The highest BCUT2D eigenvalue weighted by Crippen LogP contribution is 2.14. The third kappa shape index (κ3) is 3.85. The van der Waals surface area contributed by atoms with Gasteiger partial charge in [-0.05, 0) is 31.4 Å². The Morgan fingerprint density at radius 2 is 2.04 bits per heavy atom. The monoisotopic (exact) mass is 325 g/mol. The van der Waals surface area contributed by atoms with Gasteiger partial charge in [-0.1, -0.05) is 30.3 Å². The predicted octanol–water partition coefficient (Wildman–Crippen LogP) is 2.29. The van der Waals surface area contributed by atoms with Crippen LogP contribution in [0.15, 0.2) is 42.6 Å². The number of nitrogens with zero attached hydrogens (tertiary/aromatic N) is 1. The molecule has 0 aliphatic carbocycles. The molecule has 2 N–H and O–H groups in total. The smallest absolute Gasteiger partial charge is 0.253 e. The van der Waals surface area contributed by atoms with Gasteiger partial charge in [0, 0.05) is 37.4 Å². The maximum absolute atomic E-state index is 12.3. The molecular formula is C19H23N3O2. The van der Waals surface area contributed by atoms with Crippen molar-refractivity contribution in [3.05, 3.63) is 59.4 Å². The molecule has 1 aliphatic heterocycles. The molecule has 1 aromatic carbocycles. The third-order valence-electron chi connectivity index (χ3n) is 4.55. The lowest BCUT2D eigenvalue weighted by Crippen LogP contribution is -2.38. The Morgan fingerprint density at radius 1 is 1.25 bits per heavy atom. The summed E-state index contributed by atoms with van der Waals surface area (Å²) < 4.78 is 0. The molecule has 1 atom stereocenters. The molecule has 0 bridgehead atoms. The zero-order chi connectivity index (χ0) is 16.9. The van der Waals surface area contributed by atoms with Gasteiger partial charge in [-0.25, -0.2) is 0 Å². The van der Waals surface area contributed by atoms with Gasteiger partial charge in [0.15, 0.2) is 0 Å². The van der Waals surface area contributed by atoms with Crippen molar-refractivity contribution in [1.82, 2.24) is 15.2 Å². The van der Waals surface area contributed by atoms with Crippen LogP contribution in [-0.2, 0) is 11.2 Å². The van der Waals surface area contributed by atoms with E-state index in [2.05, 4.69) is 10.3 Å². The van der Waals surface area contributed by atoms with Crippen molar-refractivity contribution in [2.75, 3.05) is 13.1 Å². The number of carbonyl (C=O) groups excluding carboxylic acids is 2. The SMILES string of the molecule is Cc1[nH]ccc1C(=O)N[C@H]1CCN(C(=O)CCc2ccccc2)C1. The first-order chi connectivity index (χ1) is 11.6. The Hall–Kier alpha value is -2.56. The highest BCUT2D eigenvalue weighted by atomic mass is 16.2. The Bertz CT molecular complexity index is 708. The summed E-state index contributed by atoms with van der Waals surface area (Å²) in [5.41, 5.74) is 2.71. The van der Waals surface area contributed by atoms with Crippen LogP contribution in [0.5, 0.6) is 0 Å². The molecule has 5 heteroatoms. The van der Waals surface area contributed by atoms with Crippen LogP contribution in [0.2, 0.25) is 0 Å². The first kappa shape index (κ1) is 16.3. The van der Waals surface area contributed by atoms with Crippen molar-refractivity contribution in [1.29, 1.82) is 0 Å². The standard InChI is InChI=1S/C19H23N3O2/c1-14-17(9-11-20-14)19(24)21-16-10-12-22(13-16)18(23)8-7-15-5-3-2-4-6-15/h2-6,9,11,16,20H,7-8,10,12-13H2,1H3,(H,21,24)/t16-/m0/s1. The first-order valence-electron chi connectivity index (χ1n) is 8.40. The van der Waals surface area contributed by atoms with Crippen molar-refractivity contribution >= 4 is 11.8 Å². The molecule has 5 nitrogen and oxygen atoms in total. The zero-order valence-electron chi connectivity index (χ0n) is 13.9. The van der Waals surface area contributed by atoms with Gasteiger partial charge in [0.25, 0.3) is 5.91 Å². The number of hydrogen-bond acceptors (Lipinski definition) is 2. The maximum Gasteiger partial charge on any atom is 0.253 e. The maximum atomic E-state index is 12.3. The van der Waals surface area contributed by atoms with Crippen molar-refractivity contribution in [2.24, 2.45) is 0 Å². The van der Waals surface area contributed by atoms with E-state index in [0.29, 0.717) is 25.1 Å². The van der Waals surface area contributed by atoms with Gasteiger partial charge in [-0.15, -0.1) is 0 Å². The first-order valence-corrected chi connectivity index (χ1v) is 8.40. The molecule has 2 heterocycles. The number of aromatic amines is 1. The number of nitrogens with one attached hydrogen (secondary N) is 2. The third-order valence-corrected chi connectivity index (χ3v) is 4.55. The van der Waals surface area contributed by atoms with E-state index in [1.54, 1.807) is 12.3 Å². The summed E-state index contributed by atoms with van der Waals surface area (Å²) in [5.74, 6) is 0.0887. The Morgan fingerprint density at radius 3 is 2.75 bits per heavy atom. The molecule has 1 aromatic heterocycles. The molecule has 0 saturated carbocycles. The molecule has 1 saturated heterocycles. The van der Waals surface area contributed by atoms with Crippen LogP contribution in [0.25, 0.3) is 0 Å². The number of aromatic nitrogens is 1. The van der Waals surface area contributed by atoms with Crippen LogP contribution in [-0.4, -0.2) is 40.8 Å². The molecule has 1 fully saturated rings. The van der Waals surface area contributed by atoms with E-state index in [1.165, 1.54) is 5.56 Å². The average molecular weight is 325 g/mol. The summed E-state index contributed by atoms with van der Waals surface area (Å²) in [6.07, 6.45) is 3.85. The summed E-state index contributed by atoms with van der Waals surface area (Å²) in [5, 5.41) is 3.03. The lowest BCUT2D eigenvalue weighted by atomic mass is 10.1. The second-order valence-electron chi connectivity index (χ2n) is 6.30. The molecule has 3 rings (SSSR count). The second kappa shape index (κ2) is 7.34. The number of rotatable bonds is 5. The summed E-state index contributed by atoms with van der Waals surface area (Å²) in [7, 11) is 0. The number of carbonyl (C=O) groups is 2. The average Bonchev–Trinajstić information content (AvgIpc) is 3.22. The fraction of sp³-hybridized carbons (Fsp3) is 0.368. The topological polar surface area (TPSA) is 65.2 Å². The Labute approximate surface area is 142 Å². The van der Waals surface area contributed by atoms with E-state index < -0.39 is 0 Å². The lowest BCUT2D eigenvalue weighted by molar-refractivity contribution is -0.130. The van der Waals surface area contributed by atoms with Crippen LogP contribution < -0.4 is 5.32 Å². The molecule has 126 valence electrons. The summed E-state index contributed by atoms with van der Waals surface area (Å²) in [6, 6.07) is 11.9. The Balaban J connectivity index is 1.47. The molecule has 24 heavy (non-hydrogen) atoms. The number of benzene rings is 1. The number of amides is 2. The van der Waals surface area contributed by atoms with Gasteiger partial charge in [0.1, 0.15) is 0 Å². The molecular weight excluding hydrogens is 302 g/mol. The van der Waals surface area contributed by atoms with E-state index in [4.69, 9.17) is 0 Å². The van der Waals surface area contributed by atoms with E-state index >= 15 is 0 Å². The van der Waals surface area contributed by atoms with E-state index in [0.717, 1.165) is 18.5 Å². The van der Waals surface area contributed by atoms with Gasteiger partial charge in [0.05, 0.1) is 5.56 Å². The van der Waals surface area contributed by atoms with Crippen molar-refractivity contribution < 1.29 is 9.59 Å². The van der Waals surface area contributed by atoms with E-state index in [9.17, 15) is 9.59 Å². The van der Waals surface area contributed by atoms with Gasteiger partial charge in [0.2, 0.25) is 5.91 Å². The lowest BCUT2D eigenvalue weighted by Gasteiger charge is -2.17. The van der Waals surface area contributed by atoms with Gasteiger partial charge < -0.3 is 15.2 Å².